The van der Waals surface area contributed by atoms with Crippen LogP contribution in [0.2, 0.25) is 0 Å². The van der Waals surface area contributed by atoms with Crippen molar-refractivity contribution in [3.05, 3.63) is 96.2 Å². The van der Waals surface area contributed by atoms with E-state index in [-0.39, 0.29) is 6.61 Å². The minimum atomic E-state index is -0.468. The predicted molar refractivity (Wildman–Crippen MR) is 131 cm³/mol. The van der Waals surface area contributed by atoms with Crippen LogP contribution in [0.4, 0.5) is 10.5 Å². The highest BCUT2D eigenvalue weighted by molar-refractivity contribution is 5.98. The zero-order valence-corrected chi connectivity index (χ0v) is 19.0. The zero-order chi connectivity index (χ0) is 23.4. The monoisotopic (exact) mass is 438 g/mol. The molecule has 0 bridgehead atoms. The van der Waals surface area contributed by atoms with Crippen molar-refractivity contribution in [3.63, 3.8) is 0 Å². The first-order valence-electron chi connectivity index (χ1n) is 10.8. The third kappa shape index (κ3) is 4.77. The number of amides is 1. The minimum absolute atomic E-state index is 0.0748. The zero-order valence-electron chi connectivity index (χ0n) is 19.0. The quantitative estimate of drug-likeness (QED) is 0.327. The number of nitrogens with zero attached hydrogens (tertiary/aromatic N) is 2. The van der Waals surface area contributed by atoms with Gasteiger partial charge in [0.25, 0.3) is 0 Å². The minimum Gasteiger partial charge on any atom is -0.444 e. The fourth-order valence-electron chi connectivity index (χ4n) is 3.94. The number of hydrogen-bond donors (Lipinski definition) is 0. The molecule has 3 aromatic carbocycles. The molecule has 0 saturated heterocycles. The van der Waals surface area contributed by atoms with Gasteiger partial charge in [0.15, 0.2) is 6.29 Å². The number of pyridine rings is 1. The highest BCUT2D eigenvalue weighted by Crippen LogP contribution is 2.32. The van der Waals surface area contributed by atoms with Gasteiger partial charge >= 0.3 is 6.09 Å². The van der Waals surface area contributed by atoms with Gasteiger partial charge in [-0.25, -0.2) is 9.78 Å². The van der Waals surface area contributed by atoms with Gasteiger partial charge in [-0.3, -0.25) is 9.69 Å². The van der Waals surface area contributed by atoms with Crippen LogP contribution >= 0.6 is 0 Å². The van der Waals surface area contributed by atoms with Crippen molar-refractivity contribution < 1.29 is 14.3 Å². The lowest BCUT2D eigenvalue weighted by atomic mass is 9.96. The van der Waals surface area contributed by atoms with Gasteiger partial charge in [-0.1, -0.05) is 60.7 Å². The maximum absolute atomic E-state index is 13.2. The Hall–Kier alpha value is -3.99. The van der Waals surface area contributed by atoms with Crippen LogP contribution in [0.3, 0.4) is 0 Å². The molecule has 0 spiro atoms. The molecule has 33 heavy (non-hydrogen) atoms. The molecule has 4 aromatic rings. The summed E-state index contributed by atoms with van der Waals surface area (Å²) in [5.41, 5.74) is 2.99. The van der Waals surface area contributed by atoms with E-state index >= 15 is 0 Å². The van der Waals surface area contributed by atoms with E-state index < -0.39 is 11.6 Å². The molecule has 1 amide bonds. The van der Waals surface area contributed by atoms with Crippen LogP contribution in [0.25, 0.3) is 22.0 Å². The van der Waals surface area contributed by atoms with Gasteiger partial charge in [0, 0.05) is 16.8 Å². The Morgan fingerprint density at radius 1 is 0.909 bits per heavy atom. The standard InChI is InChI=1S/C28H26N2O3/c1-28(2,3)30(23-12-5-4-6-13-23)27(32)33-19-21-17-16-20-10-7-8-14-24(20)26(21)25-15-9-11-22(18-31)29-25/h4-18H,19H2,1-3H3. The van der Waals surface area contributed by atoms with E-state index in [9.17, 15) is 9.59 Å². The molecule has 166 valence electrons. The first kappa shape index (κ1) is 22.2. The highest BCUT2D eigenvalue weighted by atomic mass is 16.6. The van der Waals surface area contributed by atoms with Crippen LogP contribution in [0.5, 0.6) is 0 Å². The van der Waals surface area contributed by atoms with Gasteiger partial charge in [0.05, 0.1) is 5.69 Å². The molecule has 0 fully saturated rings. The average molecular weight is 439 g/mol. The number of ether oxygens (including phenoxy) is 1. The molecule has 0 aliphatic carbocycles. The van der Waals surface area contributed by atoms with Crippen LogP contribution < -0.4 is 4.90 Å². The Bertz CT molecular complexity index is 1290. The normalized spacial score (nSPS) is 11.2. The Labute approximate surface area is 193 Å². The van der Waals surface area contributed by atoms with Crippen molar-refractivity contribution in [1.29, 1.82) is 0 Å². The summed E-state index contributed by atoms with van der Waals surface area (Å²) in [4.78, 5) is 30.7. The Balaban J connectivity index is 1.72. The number of carbonyl (C=O) groups excluding carboxylic acids is 2. The number of aromatic nitrogens is 1. The van der Waals surface area contributed by atoms with E-state index in [1.54, 1.807) is 17.0 Å². The molecule has 0 aliphatic rings. The van der Waals surface area contributed by atoms with Crippen LogP contribution in [-0.4, -0.2) is 22.9 Å². The van der Waals surface area contributed by atoms with Gasteiger partial charge < -0.3 is 4.74 Å². The second kappa shape index (κ2) is 9.25. The van der Waals surface area contributed by atoms with E-state index in [0.29, 0.717) is 11.4 Å². The number of hydrogen-bond acceptors (Lipinski definition) is 4. The summed E-state index contributed by atoms with van der Waals surface area (Å²) < 4.78 is 5.83. The number of benzene rings is 3. The van der Waals surface area contributed by atoms with Crippen molar-refractivity contribution in [2.75, 3.05) is 4.90 Å². The lowest BCUT2D eigenvalue weighted by Gasteiger charge is -2.34. The smallest absolute Gasteiger partial charge is 0.415 e. The van der Waals surface area contributed by atoms with Crippen LogP contribution in [-0.2, 0) is 11.3 Å². The van der Waals surface area contributed by atoms with Crippen molar-refractivity contribution in [2.24, 2.45) is 0 Å². The number of para-hydroxylation sites is 1. The number of carbonyl (C=O) groups is 2. The number of rotatable bonds is 5. The first-order valence-corrected chi connectivity index (χ1v) is 10.8. The van der Waals surface area contributed by atoms with Gasteiger partial charge in [-0.05, 0) is 61.4 Å². The van der Waals surface area contributed by atoms with Gasteiger partial charge in [-0.15, -0.1) is 0 Å². The second-order valence-electron chi connectivity index (χ2n) is 8.78. The number of anilines is 1. The van der Waals surface area contributed by atoms with E-state index in [2.05, 4.69) is 4.98 Å². The van der Waals surface area contributed by atoms with Gasteiger partial charge in [0.1, 0.15) is 12.3 Å². The predicted octanol–water partition coefficient (Wildman–Crippen LogP) is 6.66. The molecule has 1 aromatic heterocycles. The van der Waals surface area contributed by atoms with Crippen molar-refractivity contribution in [3.8, 4) is 11.3 Å². The molecule has 0 aliphatic heterocycles. The first-order chi connectivity index (χ1) is 15.9. The molecule has 5 heteroatoms. The molecule has 4 rings (SSSR count). The second-order valence-corrected chi connectivity index (χ2v) is 8.78. The summed E-state index contributed by atoms with van der Waals surface area (Å²) >= 11 is 0. The van der Waals surface area contributed by atoms with E-state index in [0.717, 1.165) is 33.9 Å². The Morgan fingerprint density at radius 2 is 1.64 bits per heavy atom. The molecular formula is C28H26N2O3. The van der Waals surface area contributed by atoms with Crippen molar-refractivity contribution >= 4 is 28.8 Å². The van der Waals surface area contributed by atoms with Gasteiger partial charge in [-0.2, -0.15) is 0 Å². The Kier molecular flexibility index (Phi) is 6.22. The summed E-state index contributed by atoms with van der Waals surface area (Å²) in [5.74, 6) is 0. The molecule has 5 nitrogen and oxygen atoms in total. The van der Waals surface area contributed by atoms with E-state index in [4.69, 9.17) is 4.74 Å². The lowest BCUT2D eigenvalue weighted by Crippen LogP contribution is -2.46. The number of fused-ring (bicyclic) bond motifs is 1. The maximum Gasteiger partial charge on any atom is 0.415 e. The summed E-state index contributed by atoms with van der Waals surface area (Å²) in [6.07, 6.45) is 0.303. The lowest BCUT2D eigenvalue weighted by molar-refractivity contribution is 0.111. The van der Waals surface area contributed by atoms with Crippen molar-refractivity contribution in [2.45, 2.75) is 32.9 Å². The molecule has 0 saturated carbocycles. The highest BCUT2D eigenvalue weighted by Gasteiger charge is 2.29. The summed E-state index contributed by atoms with van der Waals surface area (Å²) in [5, 5.41) is 2.03. The third-order valence-corrected chi connectivity index (χ3v) is 5.38. The maximum atomic E-state index is 13.2. The van der Waals surface area contributed by atoms with E-state index in [1.165, 1.54) is 0 Å². The van der Waals surface area contributed by atoms with Crippen LogP contribution in [0.1, 0.15) is 36.8 Å². The topological polar surface area (TPSA) is 59.5 Å². The SMILES string of the molecule is CC(C)(C)N(C(=O)OCc1ccc2ccccc2c1-c1cccc(C=O)n1)c1ccccc1. The molecular weight excluding hydrogens is 412 g/mol. The fraction of sp³-hybridized carbons (Fsp3) is 0.179. The number of aldehydes is 1. The third-order valence-electron chi connectivity index (χ3n) is 5.38. The van der Waals surface area contributed by atoms with Crippen LogP contribution in [0.15, 0.2) is 84.9 Å². The molecule has 0 N–H and O–H groups in total. The summed E-state index contributed by atoms with van der Waals surface area (Å²) in [6, 6.07) is 26.8. The largest absolute Gasteiger partial charge is 0.444 e. The van der Waals surface area contributed by atoms with E-state index in [1.807, 2.05) is 93.6 Å². The summed E-state index contributed by atoms with van der Waals surface area (Å²) in [6.45, 7) is 5.98. The molecule has 0 unspecified atom stereocenters. The Morgan fingerprint density at radius 3 is 2.36 bits per heavy atom. The van der Waals surface area contributed by atoms with Crippen molar-refractivity contribution in [1.82, 2.24) is 4.98 Å². The average Bonchev–Trinajstić information content (AvgIpc) is 2.82. The molecule has 1 heterocycles. The molecule has 0 atom stereocenters. The fourth-order valence-corrected chi connectivity index (χ4v) is 3.94. The van der Waals surface area contributed by atoms with Crippen LogP contribution in [0, 0.1) is 0 Å². The van der Waals surface area contributed by atoms with Gasteiger partial charge in [0.2, 0.25) is 0 Å². The molecule has 0 radical (unpaired) electrons. The summed E-state index contributed by atoms with van der Waals surface area (Å²) in [7, 11) is 0.